The number of carbonyl (C=O) groups is 2. The summed E-state index contributed by atoms with van der Waals surface area (Å²) in [5.74, 6) is 3.74. The molecule has 4 fully saturated rings. The van der Waals surface area contributed by atoms with Crippen molar-refractivity contribution in [2.75, 3.05) is 0 Å². The Morgan fingerprint density at radius 2 is 1.37 bits per heavy atom. The van der Waals surface area contributed by atoms with Crippen molar-refractivity contribution < 1.29 is 28.5 Å². The van der Waals surface area contributed by atoms with Crippen LogP contribution in [0.5, 0.6) is 0 Å². The van der Waals surface area contributed by atoms with E-state index in [9.17, 15) is 14.7 Å². The number of aromatic nitrogens is 4. The minimum absolute atomic E-state index is 0.0209. The Morgan fingerprint density at radius 3 is 1.96 bits per heavy atom. The molecule has 0 aromatic carbocycles. The molecule has 3 N–H and O–H groups in total. The molecule has 2 heterocycles. The first-order valence-corrected chi connectivity index (χ1v) is 21.6. The van der Waals surface area contributed by atoms with Crippen molar-refractivity contribution in [2.45, 2.75) is 205 Å². The van der Waals surface area contributed by atoms with Crippen molar-refractivity contribution >= 4 is 11.9 Å². The van der Waals surface area contributed by atoms with Crippen molar-refractivity contribution in [3.63, 3.8) is 0 Å². The summed E-state index contributed by atoms with van der Waals surface area (Å²) in [4.78, 5) is 34.0. The average molecular weight is 753 g/mol. The number of nitrogens with zero attached hydrogens (tertiary/aromatic N) is 4. The highest BCUT2D eigenvalue weighted by Crippen LogP contribution is 2.44. The van der Waals surface area contributed by atoms with E-state index >= 15 is 0 Å². The maximum Gasteiger partial charge on any atom is 0.307 e. The Labute approximate surface area is 322 Å². The minimum Gasteiger partial charge on any atom is -0.481 e. The van der Waals surface area contributed by atoms with Gasteiger partial charge in [0.1, 0.15) is 5.60 Å². The van der Waals surface area contributed by atoms with E-state index < -0.39 is 11.6 Å². The quantitative estimate of drug-likeness (QED) is 0.104. The smallest absolute Gasteiger partial charge is 0.307 e. The molecular weight excluding hydrogens is 684 g/mol. The molecule has 2 aromatic heterocycles. The molecule has 0 spiro atoms. The van der Waals surface area contributed by atoms with E-state index in [2.05, 4.69) is 25.9 Å². The van der Waals surface area contributed by atoms with Gasteiger partial charge in [-0.15, -0.1) is 0 Å². The van der Waals surface area contributed by atoms with Crippen molar-refractivity contribution in [2.24, 2.45) is 23.7 Å². The predicted molar refractivity (Wildman–Crippen MR) is 204 cm³/mol. The molecular formula is C42H68N6O6. The van der Waals surface area contributed by atoms with Crippen LogP contribution in [-0.2, 0) is 27.4 Å². The number of carboxylic acid groups (broad SMARTS) is 1. The molecule has 4 aliphatic carbocycles. The van der Waals surface area contributed by atoms with Crippen LogP contribution in [0.3, 0.4) is 0 Å². The summed E-state index contributed by atoms with van der Waals surface area (Å²) in [7, 11) is 0. The first kappa shape index (κ1) is 40.8. The molecule has 4 unspecified atom stereocenters. The number of hydrogen-bond donors (Lipinski definition) is 3. The van der Waals surface area contributed by atoms with Crippen molar-refractivity contribution in [3.05, 3.63) is 23.4 Å². The molecule has 6 rings (SSSR count). The molecule has 0 saturated heterocycles. The Balaban J connectivity index is 0.947. The summed E-state index contributed by atoms with van der Waals surface area (Å²) in [5.41, 5.74) is -0.525. The molecule has 6 atom stereocenters. The van der Waals surface area contributed by atoms with Gasteiger partial charge in [0, 0.05) is 23.9 Å². The molecule has 0 radical (unpaired) electrons. The number of rotatable bonds is 21. The van der Waals surface area contributed by atoms with Crippen LogP contribution in [0.25, 0.3) is 0 Å². The Bertz CT molecular complexity index is 1440. The molecule has 12 nitrogen and oxygen atoms in total. The predicted octanol–water partition coefficient (Wildman–Crippen LogP) is 8.76. The summed E-state index contributed by atoms with van der Waals surface area (Å²) in [5, 5.41) is 25.3. The third-order valence-electron chi connectivity index (χ3n) is 12.9. The van der Waals surface area contributed by atoms with Gasteiger partial charge < -0.3 is 29.5 Å². The van der Waals surface area contributed by atoms with Gasteiger partial charge in [-0.05, 0) is 89.4 Å². The van der Waals surface area contributed by atoms with E-state index in [-0.39, 0.29) is 30.6 Å². The van der Waals surface area contributed by atoms with Crippen LogP contribution >= 0.6 is 0 Å². The minimum atomic E-state index is -0.823. The average Bonchev–Trinajstić information content (AvgIpc) is 3.76. The number of nitrogens with one attached hydrogen (secondary N) is 2. The van der Waals surface area contributed by atoms with Gasteiger partial charge >= 0.3 is 11.9 Å². The number of carbonyl (C=O) groups excluding carboxylic acids is 1. The van der Waals surface area contributed by atoms with Crippen molar-refractivity contribution in [1.29, 1.82) is 0 Å². The van der Waals surface area contributed by atoms with Crippen molar-refractivity contribution in [1.82, 2.24) is 30.9 Å². The molecule has 12 heteroatoms. The summed E-state index contributed by atoms with van der Waals surface area (Å²) in [6.45, 7) is 6.86. The molecule has 54 heavy (non-hydrogen) atoms. The fourth-order valence-electron chi connectivity index (χ4n) is 9.61. The Hall–Kier alpha value is -2.86. The lowest BCUT2D eigenvalue weighted by molar-refractivity contribution is -0.155. The monoisotopic (exact) mass is 753 g/mol. The van der Waals surface area contributed by atoms with Crippen molar-refractivity contribution in [3.8, 4) is 0 Å². The highest BCUT2D eigenvalue weighted by atomic mass is 16.6. The largest absolute Gasteiger partial charge is 0.481 e. The van der Waals surface area contributed by atoms with Gasteiger partial charge in [0.15, 0.2) is 11.6 Å². The molecule has 0 amide bonds. The topological polar surface area (TPSA) is 166 Å². The molecule has 2 aromatic rings. The Kier molecular flexibility index (Phi) is 15.0. The second-order valence-electron chi connectivity index (χ2n) is 18.3. The SMILES string of the molecule is CC(C)(C)OC(=O)C[C@@H](CCCC1CCCCC1)c1nc(CNC2CCC2C2CCCC(CCC[C@H](CC(=O)O)c3nc(CNC4CCC4)no3)C2)no1. The number of aliphatic carboxylic acids is 1. The maximum atomic E-state index is 12.9. The molecule has 0 bridgehead atoms. The standard InChI is InChI=1S/C42H68N6O6/c1-42(2,3)52-39(51)25-32(18-7-13-28-11-5-4-6-12-28)41-46-37(48-54-41)27-44-35-22-21-34(35)30-16-8-14-29(23-30)15-9-17-31(24-38(49)50)40-45-36(47-53-40)26-43-33-19-10-20-33/h28-35,43-44H,4-27H2,1-3H3,(H,49,50)/t29?,30?,31-,32-,34?,35?/m1/s1. The van der Waals surface area contributed by atoms with E-state index in [1.165, 1.54) is 89.9 Å². The van der Waals surface area contributed by atoms with Gasteiger partial charge in [-0.1, -0.05) is 93.8 Å². The summed E-state index contributed by atoms with van der Waals surface area (Å²) >= 11 is 0. The van der Waals surface area contributed by atoms with Crippen LogP contribution in [0.2, 0.25) is 0 Å². The van der Waals surface area contributed by atoms with Crippen LogP contribution in [0.15, 0.2) is 9.05 Å². The van der Waals surface area contributed by atoms with Crippen LogP contribution in [0.4, 0.5) is 0 Å². The van der Waals surface area contributed by atoms with E-state index in [4.69, 9.17) is 18.8 Å². The number of esters is 1. The first-order valence-electron chi connectivity index (χ1n) is 21.6. The third-order valence-corrected chi connectivity index (χ3v) is 12.9. The number of hydrogen-bond acceptors (Lipinski definition) is 11. The van der Waals surface area contributed by atoms with Crippen LogP contribution in [-0.4, -0.2) is 55.0 Å². The van der Waals surface area contributed by atoms with Crippen LogP contribution in [0, 0.1) is 23.7 Å². The molecule has 302 valence electrons. The van der Waals surface area contributed by atoms with E-state index in [0.717, 1.165) is 44.4 Å². The zero-order valence-corrected chi connectivity index (χ0v) is 33.4. The van der Waals surface area contributed by atoms with E-state index in [0.29, 0.717) is 66.4 Å². The first-order chi connectivity index (χ1) is 26.1. The lowest BCUT2D eigenvalue weighted by atomic mass is 9.64. The zero-order valence-electron chi connectivity index (χ0n) is 33.4. The van der Waals surface area contributed by atoms with Gasteiger partial charge in [0.2, 0.25) is 11.8 Å². The Morgan fingerprint density at radius 1 is 0.759 bits per heavy atom. The highest BCUT2D eigenvalue weighted by Gasteiger charge is 2.39. The fraction of sp³-hybridized carbons (Fsp3) is 0.857. The van der Waals surface area contributed by atoms with Gasteiger partial charge in [-0.3, -0.25) is 9.59 Å². The molecule has 0 aliphatic heterocycles. The lowest BCUT2D eigenvalue weighted by Crippen LogP contribution is -2.48. The van der Waals surface area contributed by atoms with E-state index in [1.54, 1.807) is 0 Å². The summed E-state index contributed by atoms with van der Waals surface area (Å²) in [6, 6.07) is 0.988. The fourth-order valence-corrected chi connectivity index (χ4v) is 9.61. The highest BCUT2D eigenvalue weighted by molar-refractivity contribution is 5.70. The molecule has 4 saturated carbocycles. The second kappa shape index (κ2) is 19.8. The second-order valence-corrected chi connectivity index (χ2v) is 18.3. The van der Waals surface area contributed by atoms with Crippen LogP contribution < -0.4 is 10.6 Å². The lowest BCUT2D eigenvalue weighted by Gasteiger charge is -2.45. The number of carboxylic acids is 1. The van der Waals surface area contributed by atoms with Gasteiger partial charge in [-0.2, -0.15) is 9.97 Å². The zero-order chi connectivity index (χ0) is 37.9. The number of ether oxygens (including phenoxy) is 1. The van der Waals surface area contributed by atoms with Gasteiger partial charge in [0.05, 0.1) is 25.9 Å². The third kappa shape index (κ3) is 12.6. The molecule has 4 aliphatic rings. The summed E-state index contributed by atoms with van der Waals surface area (Å²) < 4.78 is 17.1. The normalized spacial score (nSPS) is 25.1. The maximum absolute atomic E-state index is 12.9. The summed E-state index contributed by atoms with van der Waals surface area (Å²) in [6.07, 6.45) is 24.0. The van der Waals surface area contributed by atoms with E-state index in [1.807, 2.05) is 20.8 Å². The van der Waals surface area contributed by atoms with Gasteiger partial charge in [-0.25, -0.2) is 0 Å². The van der Waals surface area contributed by atoms with Crippen LogP contribution in [0.1, 0.15) is 197 Å². The van der Waals surface area contributed by atoms with Gasteiger partial charge in [0.25, 0.3) is 0 Å².